The van der Waals surface area contributed by atoms with Gasteiger partial charge in [-0.25, -0.2) is 4.98 Å². The smallest absolute Gasteiger partial charge is 0.169 e. The number of nitrogens with zero attached hydrogens (tertiary/aromatic N) is 1. The van der Waals surface area contributed by atoms with Crippen molar-refractivity contribution in [2.24, 2.45) is 0 Å². The van der Waals surface area contributed by atoms with Crippen LogP contribution in [0.5, 0.6) is 0 Å². The topological polar surface area (TPSA) is 30.0 Å². The number of carbonyl (C=O) groups excluding carboxylic acids is 1. The van der Waals surface area contributed by atoms with E-state index in [-0.39, 0.29) is 0 Å². The Labute approximate surface area is 92.6 Å². The summed E-state index contributed by atoms with van der Waals surface area (Å²) >= 11 is 1.50. The van der Waals surface area contributed by atoms with E-state index in [0.29, 0.717) is 5.69 Å². The Morgan fingerprint density at radius 1 is 1.33 bits per heavy atom. The van der Waals surface area contributed by atoms with Crippen molar-refractivity contribution in [2.45, 2.75) is 13.8 Å². The molecule has 76 valence electrons. The molecular weight excluding hydrogens is 206 g/mol. The molecule has 2 rings (SSSR count). The summed E-state index contributed by atoms with van der Waals surface area (Å²) in [5, 5.41) is 2.69. The zero-order valence-electron chi connectivity index (χ0n) is 8.65. The van der Waals surface area contributed by atoms with Gasteiger partial charge in [0, 0.05) is 10.9 Å². The van der Waals surface area contributed by atoms with Gasteiger partial charge in [-0.3, -0.25) is 4.79 Å². The molecule has 0 radical (unpaired) electrons. The molecule has 0 saturated carbocycles. The first kappa shape index (κ1) is 10.1. The molecule has 2 aromatic rings. The van der Waals surface area contributed by atoms with Crippen LogP contribution in [0, 0.1) is 13.8 Å². The molecule has 0 saturated heterocycles. The molecule has 1 heterocycles. The first-order valence-electron chi connectivity index (χ1n) is 4.69. The number of hydrogen-bond donors (Lipinski definition) is 0. The monoisotopic (exact) mass is 217 g/mol. The summed E-state index contributed by atoms with van der Waals surface area (Å²) in [4.78, 5) is 14.8. The van der Waals surface area contributed by atoms with Crippen LogP contribution in [0.1, 0.15) is 21.6 Å². The van der Waals surface area contributed by atoms with Crippen molar-refractivity contribution < 1.29 is 4.79 Å². The maximum absolute atomic E-state index is 10.5. The summed E-state index contributed by atoms with van der Waals surface area (Å²) < 4.78 is 0. The third-order valence-electron chi connectivity index (χ3n) is 2.26. The molecule has 0 unspecified atom stereocenters. The van der Waals surface area contributed by atoms with E-state index in [2.05, 4.69) is 37.0 Å². The van der Waals surface area contributed by atoms with Crippen LogP contribution < -0.4 is 0 Å². The van der Waals surface area contributed by atoms with Crippen LogP contribution in [0.2, 0.25) is 0 Å². The van der Waals surface area contributed by atoms with Gasteiger partial charge in [0.15, 0.2) is 6.29 Å². The lowest BCUT2D eigenvalue weighted by Gasteiger charge is -2.02. The number of benzene rings is 1. The fraction of sp³-hybridized carbons (Fsp3) is 0.167. The van der Waals surface area contributed by atoms with E-state index >= 15 is 0 Å². The van der Waals surface area contributed by atoms with Crippen LogP contribution in [0.3, 0.4) is 0 Å². The molecule has 1 aromatic heterocycles. The number of carbonyl (C=O) groups is 1. The summed E-state index contributed by atoms with van der Waals surface area (Å²) in [6, 6.07) is 6.24. The van der Waals surface area contributed by atoms with Crippen LogP contribution in [0.15, 0.2) is 23.6 Å². The number of aldehydes is 1. The van der Waals surface area contributed by atoms with Crippen LogP contribution in [-0.2, 0) is 0 Å². The van der Waals surface area contributed by atoms with Crippen LogP contribution >= 0.6 is 11.3 Å². The van der Waals surface area contributed by atoms with E-state index in [1.54, 1.807) is 5.38 Å². The second-order valence-corrected chi connectivity index (χ2v) is 4.37. The highest BCUT2D eigenvalue weighted by atomic mass is 32.1. The maximum Gasteiger partial charge on any atom is 0.169 e. The quantitative estimate of drug-likeness (QED) is 0.723. The van der Waals surface area contributed by atoms with Gasteiger partial charge in [-0.1, -0.05) is 23.8 Å². The predicted octanol–water partition coefficient (Wildman–Crippen LogP) is 3.24. The minimum atomic E-state index is 0.509. The van der Waals surface area contributed by atoms with Crippen molar-refractivity contribution in [2.75, 3.05) is 0 Å². The summed E-state index contributed by atoms with van der Waals surface area (Å²) in [5.41, 5.74) is 4.05. The minimum absolute atomic E-state index is 0.509. The third-order valence-corrected chi connectivity index (χ3v) is 3.15. The number of rotatable bonds is 2. The van der Waals surface area contributed by atoms with Gasteiger partial charge in [-0.2, -0.15) is 0 Å². The van der Waals surface area contributed by atoms with Crippen molar-refractivity contribution in [1.82, 2.24) is 4.98 Å². The van der Waals surface area contributed by atoms with Crippen molar-refractivity contribution in [3.63, 3.8) is 0 Å². The standard InChI is InChI=1S/C12H11NOS/c1-8-3-4-11(9(2)5-8)12-13-10(6-14)7-15-12/h3-7H,1-2H3. The second-order valence-electron chi connectivity index (χ2n) is 3.51. The Bertz CT molecular complexity index is 502. The van der Waals surface area contributed by atoms with E-state index in [9.17, 15) is 4.79 Å². The Morgan fingerprint density at radius 3 is 2.73 bits per heavy atom. The largest absolute Gasteiger partial charge is 0.296 e. The van der Waals surface area contributed by atoms with Crippen molar-refractivity contribution >= 4 is 17.6 Å². The van der Waals surface area contributed by atoms with Gasteiger partial charge in [0.05, 0.1) is 0 Å². The highest BCUT2D eigenvalue weighted by Crippen LogP contribution is 2.26. The molecule has 0 aliphatic rings. The molecule has 0 amide bonds. The van der Waals surface area contributed by atoms with E-state index in [0.717, 1.165) is 16.9 Å². The zero-order valence-corrected chi connectivity index (χ0v) is 9.47. The van der Waals surface area contributed by atoms with Crippen molar-refractivity contribution in [1.29, 1.82) is 0 Å². The molecular formula is C12H11NOS. The van der Waals surface area contributed by atoms with Gasteiger partial charge in [0.2, 0.25) is 0 Å². The van der Waals surface area contributed by atoms with Gasteiger partial charge in [0.1, 0.15) is 10.7 Å². The molecule has 0 aliphatic carbocycles. The van der Waals surface area contributed by atoms with Gasteiger partial charge < -0.3 is 0 Å². The molecule has 0 fully saturated rings. The molecule has 0 aliphatic heterocycles. The SMILES string of the molecule is Cc1ccc(-c2nc(C=O)cs2)c(C)c1. The van der Waals surface area contributed by atoms with E-state index in [1.165, 1.54) is 22.5 Å². The Kier molecular flexibility index (Phi) is 2.64. The minimum Gasteiger partial charge on any atom is -0.296 e. The average Bonchev–Trinajstić information content (AvgIpc) is 2.66. The van der Waals surface area contributed by atoms with E-state index in [1.807, 2.05) is 0 Å². The first-order chi connectivity index (χ1) is 7.20. The zero-order chi connectivity index (χ0) is 10.8. The summed E-state index contributed by atoms with van der Waals surface area (Å²) in [6.45, 7) is 4.12. The Morgan fingerprint density at radius 2 is 2.13 bits per heavy atom. The van der Waals surface area contributed by atoms with E-state index < -0.39 is 0 Å². The summed E-state index contributed by atoms with van der Waals surface area (Å²) in [6.07, 6.45) is 0.781. The lowest BCUT2D eigenvalue weighted by molar-refractivity contribution is 0.111. The molecule has 0 spiro atoms. The van der Waals surface area contributed by atoms with Gasteiger partial charge in [0.25, 0.3) is 0 Å². The molecule has 0 atom stereocenters. The highest BCUT2D eigenvalue weighted by molar-refractivity contribution is 7.13. The average molecular weight is 217 g/mol. The Hall–Kier alpha value is -1.48. The fourth-order valence-corrected chi connectivity index (χ4v) is 2.37. The lowest BCUT2D eigenvalue weighted by Crippen LogP contribution is -1.85. The number of aryl methyl sites for hydroxylation is 2. The Balaban J connectivity index is 2.49. The molecule has 1 aromatic carbocycles. The van der Waals surface area contributed by atoms with Crippen LogP contribution in [0.4, 0.5) is 0 Å². The van der Waals surface area contributed by atoms with Gasteiger partial charge >= 0.3 is 0 Å². The normalized spacial score (nSPS) is 10.3. The first-order valence-corrected chi connectivity index (χ1v) is 5.57. The van der Waals surface area contributed by atoms with Crippen LogP contribution in [0.25, 0.3) is 10.6 Å². The predicted molar refractivity (Wildman–Crippen MR) is 62.4 cm³/mol. The molecule has 2 nitrogen and oxygen atoms in total. The van der Waals surface area contributed by atoms with Gasteiger partial charge in [-0.05, 0) is 19.4 Å². The molecule has 0 bridgehead atoms. The number of hydrogen-bond acceptors (Lipinski definition) is 3. The molecule has 3 heteroatoms. The van der Waals surface area contributed by atoms with Gasteiger partial charge in [-0.15, -0.1) is 11.3 Å². The lowest BCUT2D eigenvalue weighted by atomic mass is 10.1. The van der Waals surface area contributed by atoms with Crippen molar-refractivity contribution in [3.05, 3.63) is 40.4 Å². The second kappa shape index (κ2) is 3.95. The fourth-order valence-electron chi connectivity index (χ4n) is 1.52. The summed E-state index contributed by atoms with van der Waals surface area (Å²) in [7, 11) is 0. The molecule has 0 N–H and O–H groups in total. The third kappa shape index (κ3) is 1.97. The van der Waals surface area contributed by atoms with Crippen molar-refractivity contribution in [3.8, 4) is 10.6 Å². The highest BCUT2D eigenvalue weighted by Gasteiger charge is 2.06. The molecule has 15 heavy (non-hydrogen) atoms. The number of thiazole rings is 1. The summed E-state index contributed by atoms with van der Waals surface area (Å²) in [5.74, 6) is 0. The number of aromatic nitrogens is 1. The maximum atomic E-state index is 10.5. The van der Waals surface area contributed by atoms with E-state index in [4.69, 9.17) is 0 Å². The van der Waals surface area contributed by atoms with Crippen LogP contribution in [-0.4, -0.2) is 11.3 Å².